The molecule has 0 spiro atoms. The van der Waals surface area contributed by atoms with Gasteiger partial charge in [-0.15, -0.1) is 0 Å². The average Bonchev–Trinajstić information content (AvgIpc) is 2.64. The topological polar surface area (TPSA) is 31.2 Å². The first-order valence-electron chi connectivity index (χ1n) is 6.05. The van der Waals surface area contributed by atoms with Crippen molar-refractivity contribution < 1.29 is 9.53 Å². The van der Waals surface area contributed by atoms with Crippen molar-refractivity contribution in [2.75, 3.05) is 6.61 Å². The number of hydrogen-bond acceptors (Lipinski definition) is 2. The van der Waals surface area contributed by atoms with E-state index in [-0.39, 0.29) is 6.10 Å². The molecular formula is C13H19NO2. The molecule has 0 saturated heterocycles. The quantitative estimate of drug-likeness (QED) is 0.782. The van der Waals surface area contributed by atoms with Gasteiger partial charge in [0.15, 0.2) is 5.78 Å². The van der Waals surface area contributed by atoms with Crippen LogP contribution in [-0.2, 0) is 17.7 Å². The molecule has 0 aromatic carbocycles. The highest BCUT2D eigenvalue weighted by molar-refractivity contribution is 5.98. The Morgan fingerprint density at radius 3 is 3.06 bits per heavy atom. The lowest BCUT2D eigenvalue weighted by Crippen LogP contribution is -2.20. The molecule has 1 aliphatic rings. The van der Waals surface area contributed by atoms with Gasteiger partial charge in [0, 0.05) is 37.0 Å². The van der Waals surface area contributed by atoms with Crippen molar-refractivity contribution in [2.45, 2.75) is 45.8 Å². The van der Waals surface area contributed by atoms with Crippen molar-refractivity contribution in [1.82, 2.24) is 4.57 Å². The van der Waals surface area contributed by atoms with Crippen LogP contribution in [0.15, 0.2) is 12.3 Å². The second kappa shape index (κ2) is 4.83. The van der Waals surface area contributed by atoms with Gasteiger partial charge >= 0.3 is 0 Å². The summed E-state index contributed by atoms with van der Waals surface area (Å²) in [6, 6.07) is 1.95. The monoisotopic (exact) mass is 221 g/mol. The lowest BCUT2D eigenvalue weighted by molar-refractivity contribution is 0.0633. The summed E-state index contributed by atoms with van der Waals surface area (Å²) < 4.78 is 7.70. The van der Waals surface area contributed by atoms with Gasteiger partial charge in [-0.2, -0.15) is 0 Å². The number of Topliss-reactive ketones (excluding diaryl/α,β-unsaturated/α-hetero) is 1. The Hall–Kier alpha value is -1.09. The molecule has 1 aliphatic carbocycles. The number of aromatic nitrogens is 1. The fourth-order valence-corrected chi connectivity index (χ4v) is 2.37. The second-order valence-corrected chi connectivity index (χ2v) is 4.37. The van der Waals surface area contributed by atoms with Crippen LogP contribution in [0.25, 0.3) is 0 Å². The predicted octanol–water partition coefficient (Wildman–Crippen LogP) is 2.43. The van der Waals surface area contributed by atoms with E-state index < -0.39 is 0 Å². The summed E-state index contributed by atoms with van der Waals surface area (Å²) in [4.78, 5) is 11.7. The third kappa shape index (κ3) is 2.19. The summed E-state index contributed by atoms with van der Waals surface area (Å²) >= 11 is 0. The number of carbonyl (C=O) groups is 1. The molecule has 0 amide bonds. The summed E-state index contributed by atoms with van der Waals surface area (Å²) in [5.41, 5.74) is 2.12. The summed E-state index contributed by atoms with van der Waals surface area (Å²) in [6.45, 7) is 5.66. The molecule has 2 rings (SSSR count). The van der Waals surface area contributed by atoms with E-state index in [0.29, 0.717) is 12.2 Å². The number of ether oxygens (including phenoxy) is 1. The van der Waals surface area contributed by atoms with Crippen molar-refractivity contribution in [1.29, 1.82) is 0 Å². The maximum atomic E-state index is 11.7. The molecule has 1 heterocycles. The fourth-order valence-electron chi connectivity index (χ4n) is 2.37. The number of hydrogen-bond donors (Lipinski definition) is 0. The Bertz CT molecular complexity index is 381. The molecule has 0 saturated carbocycles. The molecule has 1 unspecified atom stereocenters. The molecular weight excluding hydrogens is 202 g/mol. The summed E-state index contributed by atoms with van der Waals surface area (Å²) in [5, 5.41) is 0. The molecule has 0 fully saturated rings. The number of carbonyl (C=O) groups excluding carboxylic acids is 1. The molecule has 0 N–H and O–H groups in total. The Morgan fingerprint density at radius 2 is 2.31 bits per heavy atom. The van der Waals surface area contributed by atoms with Gasteiger partial charge < -0.3 is 9.30 Å². The Labute approximate surface area is 96.4 Å². The van der Waals surface area contributed by atoms with Crippen LogP contribution in [0.4, 0.5) is 0 Å². The number of fused-ring (bicyclic) bond motifs is 1. The van der Waals surface area contributed by atoms with Crippen molar-refractivity contribution in [2.24, 2.45) is 0 Å². The average molecular weight is 221 g/mol. The molecule has 16 heavy (non-hydrogen) atoms. The van der Waals surface area contributed by atoms with E-state index in [9.17, 15) is 4.79 Å². The number of nitrogens with zero attached hydrogens (tertiary/aromatic N) is 1. The van der Waals surface area contributed by atoms with Gasteiger partial charge in [0.2, 0.25) is 0 Å². The molecule has 1 aromatic heterocycles. The van der Waals surface area contributed by atoms with Crippen molar-refractivity contribution in [3.63, 3.8) is 0 Å². The van der Waals surface area contributed by atoms with Gasteiger partial charge in [0.05, 0.1) is 6.10 Å². The van der Waals surface area contributed by atoms with Gasteiger partial charge in [-0.3, -0.25) is 4.79 Å². The van der Waals surface area contributed by atoms with Gasteiger partial charge in [0.1, 0.15) is 0 Å². The van der Waals surface area contributed by atoms with Crippen LogP contribution in [0.1, 0.15) is 42.7 Å². The molecule has 0 aliphatic heterocycles. The van der Waals surface area contributed by atoms with Crippen LogP contribution < -0.4 is 0 Å². The van der Waals surface area contributed by atoms with E-state index in [2.05, 4.69) is 11.5 Å². The van der Waals surface area contributed by atoms with Crippen LogP contribution in [-0.4, -0.2) is 23.1 Å². The second-order valence-electron chi connectivity index (χ2n) is 4.37. The highest BCUT2D eigenvalue weighted by Gasteiger charge is 2.20. The SMILES string of the molecule is CCOC(C)Cn1ccc2c1CCCC2=O. The van der Waals surface area contributed by atoms with Crippen LogP contribution in [0.2, 0.25) is 0 Å². The summed E-state index contributed by atoms with van der Waals surface area (Å²) in [6.07, 6.45) is 4.94. The molecule has 1 atom stereocenters. The molecule has 0 radical (unpaired) electrons. The van der Waals surface area contributed by atoms with Crippen molar-refractivity contribution >= 4 is 5.78 Å². The van der Waals surface area contributed by atoms with Gasteiger partial charge in [-0.25, -0.2) is 0 Å². The zero-order valence-corrected chi connectivity index (χ0v) is 10.0. The molecule has 0 bridgehead atoms. The minimum Gasteiger partial charge on any atom is -0.377 e. The van der Waals surface area contributed by atoms with Gasteiger partial charge in [0.25, 0.3) is 0 Å². The van der Waals surface area contributed by atoms with Gasteiger partial charge in [-0.05, 0) is 32.8 Å². The Morgan fingerprint density at radius 1 is 1.50 bits per heavy atom. The van der Waals surface area contributed by atoms with E-state index in [1.165, 1.54) is 5.69 Å². The van der Waals surface area contributed by atoms with Crippen LogP contribution in [0.3, 0.4) is 0 Å². The Balaban J connectivity index is 2.14. The maximum Gasteiger partial charge on any atom is 0.164 e. The van der Waals surface area contributed by atoms with E-state index >= 15 is 0 Å². The van der Waals surface area contributed by atoms with E-state index in [4.69, 9.17) is 4.74 Å². The zero-order valence-electron chi connectivity index (χ0n) is 10.0. The summed E-state index contributed by atoms with van der Waals surface area (Å²) in [7, 11) is 0. The first-order valence-corrected chi connectivity index (χ1v) is 6.05. The van der Waals surface area contributed by atoms with Crippen LogP contribution in [0.5, 0.6) is 0 Å². The first-order chi connectivity index (χ1) is 7.72. The summed E-state index contributed by atoms with van der Waals surface area (Å²) in [5.74, 6) is 0.295. The highest BCUT2D eigenvalue weighted by atomic mass is 16.5. The van der Waals surface area contributed by atoms with Crippen molar-refractivity contribution in [3.8, 4) is 0 Å². The van der Waals surface area contributed by atoms with Gasteiger partial charge in [-0.1, -0.05) is 0 Å². The smallest absolute Gasteiger partial charge is 0.164 e. The fraction of sp³-hybridized carbons (Fsp3) is 0.615. The largest absolute Gasteiger partial charge is 0.377 e. The predicted molar refractivity (Wildman–Crippen MR) is 62.8 cm³/mol. The maximum absolute atomic E-state index is 11.7. The minimum atomic E-state index is 0.207. The normalized spacial score (nSPS) is 17.2. The minimum absolute atomic E-state index is 0.207. The number of rotatable bonds is 4. The number of ketones is 1. The van der Waals surface area contributed by atoms with Crippen molar-refractivity contribution in [3.05, 3.63) is 23.5 Å². The standard InChI is InChI=1S/C13H19NO2/c1-3-16-10(2)9-14-8-7-11-12(14)5-4-6-13(11)15/h7-8,10H,3-6,9H2,1-2H3. The van der Waals surface area contributed by atoms with Crippen LogP contribution in [0, 0.1) is 0 Å². The van der Waals surface area contributed by atoms with Crippen LogP contribution >= 0.6 is 0 Å². The molecule has 88 valence electrons. The lowest BCUT2D eigenvalue weighted by Gasteiger charge is -2.18. The zero-order chi connectivity index (χ0) is 11.5. The lowest BCUT2D eigenvalue weighted by atomic mass is 9.97. The highest BCUT2D eigenvalue weighted by Crippen LogP contribution is 2.22. The van der Waals surface area contributed by atoms with E-state index in [1.807, 2.05) is 19.2 Å². The molecule has 1 aromatic rings. The third-order valence-electron chi connectivity index (χ3n) is 3.10. The third-order valence-corrected chi connectivity index (χ3v) is 3.10. The Kier molecular flexibility index (Phi) is 3.44. The first kappa shape index (κ1) is 11.4. The van der Waals surface area contributed by atoms with E-state index in [1.54, 1.807) is 0 Å². The molecule has 3 nitrogen and oxygen atoms in total. The molecule has 3 heteroatoms. The van der Waals surface area contributed by atoms with E-state index in [0.717, 1.165) is 31.6 Å².